The summed E-state index contributed by atoms with van der Waals surface area (Å²) in [5.41, 5.74) is 8.26. The number of Topliss-reactive ketones (excluding diaryl/α,β-unsaturated/α-hetero) is 1. The van der Waals surface area contributed by atoms with E-state index in [4.69, 9.17) is 5.73 Å². The first kappa shape index (κ1) is 15.3. The quantitative estimate of drug-likeness (QED) is 0.653. The Morgan fingerprint density at radius 3 is 2.43 bits per heavy atom. The Balaban J connectivity index is 2.08. The third-order valence-corrected chi connectivity index (χ3v) is 3.51. The van der Waals surface area contributed by atoms with Crippen molar-refractivity contribution in [2.24, 2.45) is 0 Å². The molecule has 2 aromatic carbocycles. The second-order valence-corrected chi connectivity index (χ2v) is 5.53. The van der Waals surface area contributed by atoms with E-state index in [0.29, 0.717) is 23.8 Å². The third kappa shape index (κ3) is 4.43. The lowest BCUT2D eigenvalue weighted by atomic mass is 10.1. The predicted octanol–water partition coefficient (Wildman–Crippen LogP) is 3.36. The standard InChI is InChI=1S/C18H22N2O/c1-14(2)20(12-15-7-4-3-5-8-15)13-18(21)16-9-6-10-17(19)11-16/h3-11,14H,12-13,19H2,1-2H3. The molecule has 0 saturated heterocycles. The number of carbonyl (C=O) groups excluding carboxylic acids is 1. The van der Waals surface area contributed by atoms with Crippen LogP contribution in [0.5, 0.6) is 0 Å². The number of anilines is 1. The van der Waals surface area contributed by atoms with Crippen molar-refractivity contribution < 1.29 is 4.79 Å². The van der Waals surface area contributed by atoms with Gasteiger partial charge in [0, 0.05) is 23.8 Å². The SMILES string of the molecule is CC(C)N(CC(=O)c1cccc(N)c1)Cc1ccccc1. The van der Waals surface area contributed by atoms with Crippen LogP contribution < -0.4 is 5.73 Å². The van der Waals surface area contributed by atoms with Crippen LogP contribution in [0.2, 0.25) is 0 Å². The molecule has 21 heavy (non-hydrogen) atoms. The van der Waals surface area contributed by atoms with Crippen LogP contribution in [0.1, 0.15) is 29.8 Å². The van der Waals surface area contributed by atoms with Crippen molar-refractivity contribution in [3.63, 3.8) is 0 Å². The molecule has 110 valence electrons. The maximum atomic E-state index is 12.4. The van der Waals surface area contributed by atoms with E-state index in [0.717, 1.165) is 6.54 Å². The number of nitrogen functional groups attached to an aromatic ring is 1. The summed E-state index contributed by atoms with van der Waals surface area (Å²) < 4.78 is 0. The highest BCUT2D eigenvalue weighted by Crippen LogP contribution is 2.12. The largest absolute Gasteiger partial charge is 0.399 e. The van der Waals surface area contributed by atoms with E-state index in [-0.39, 0.29) is 5.78 Å². The lowest BCUT2D eigenvalue weighted by Gasteiger charge is -2.25. The maximum absolute atomic E-state index is 12.4. The highest BCUT2D eigenvalue weighted by molar-refractivity contribution is 5.98. The maximum Gasteiger partial charge on any atom is 0.176 e. The summed E-state index contributed by atoms with van der Waals surface area (Å²) in [4.78, 5) is 14.6. The van der Waals surface area contributed by atoms with Gasteiger partial charge in [0.05, 0.1) is 6.54 Å². The first-order valence-corrected chi connectivity index (χ1v) is 7.23. The molecule has 0 radical (unpaired) electrons. The van der Waals surface area contributed by atoms with Crippen LogP contribution in [0.4, 0.5) is 5.69 Å². The summed E-state index contributed by atoms with van der Waals surface area (Å²) in [6.07, 6.45) is 0. The fourth-order valence-corrected chi connectivity index (χ4v) is 2.23. The number of nitrogens with zero attached hydrogens (tertiary/aromatic N) is 1. The van der Waals surface area contributed by atoms with Crippen LogP contribution in [-0.4, -0.2) is 23.3 Å². The van der Waals surface area contributed by atoms with Crippen LogP contribution in [0, 0.1) is 0 Å². The Hall–Kier alpha value is -2.13. The monoisotopic (exact) mass is 282 g/mol. The summed E-state index contributed by atoms with van der Waals surface area (Å²) in [5.74, 6) is 0.104. The van der Waals surface area contributed by atoms with E-state index in [9.17, 15) is 4.79 Å². The van der Waals surface area contributed by atoms with Crippen molar-refractivity contribution in [1.29, 1.82) is 0 Å². The van der Waals surface area contributed by atoms with E-state index in [1.165, 1.54) is 5.56 Å². The van der Waals surface area contributed by atoms with Crippen molar-refractivity contribution in [1.82, 2.24) is 4.90 Å². The zero-order valence-corrected chi connectivity index (χ0v) is 12.6. The van der Waals surface area contributed by atoms with Crippen molar-refractivity contribution in [2.45, 2.75) is 26.4 Å². The smallest absolute Gasteiger partial charge is 0.176 e. The molecule has 0 amide bonds. The average molecular weight is 282 g/mol. The number of rotatable bonds is 6. The van der Waals surface area contributed by atoms with Crippen molar-refractivity contribution in [3.8, 4) is 0 Å². The zero-order valence-electron chi connectivity index (χ0n) is 12.6. The number of benzene rings is 2. The minimum absolute atomic E-state index is 0.104. The van der Waals surface area contributed by atoms with Gasteiger partial charge in [-0.25, -0.2) is 0 Å². The van der Waals surface area contributed by atoms with Gasteiger partial charge in [-0.3, -0.25) is 9.69 Å². The molecule has 3 nitrogen and oxygen atoms in total. The Kier molecular flexibility index (Phi) is 5.12. The first-order valence-electron chi connectivity index (χ1n) is 7.23. The Morgan fingerprint density at radius 1 is 1.10 bits per heavy atom. The molecule has 0 aliphatic rings. The summed E-state index contributed by atoms with van der Waals surface area (Å²) >= 11 is 0. The van der Waals surface area contributed by atoms with Crippen LogP contribution in [0.15, 0.2) is 54.6 Å². The van der Waals surface area contributed by atoms with Crippen LogP contribution in [-0.2, 0) is 6.54 Å². The number of hydrogen-bond acceptors (Lipinski definition) is 3. The van der Waals surface area contributed by atoms with Gasteiger partial charge in [0.15, 0.2) is 5.78 Å². The fourth-order valence-electron chi connectivity index (χ4n) is 2.23. The zero-order chi connectivity index (χ0) is 15.2. The van der Waals surface area contributed by atoms with E-state index >= 15 is 0 Å². The topological polar surface area (TPSA) is 46.3 Å². The van der Waals surface area contributed by atoms with Crippen LogP contribution >= 0.6 is 0 Å². The molecule has 0 aliphatic heterocycles. The molecule has 0 unspecified atom stereocenters. The molecule has 0 bridgehead atoms. The van der Waals surface area contributed by atoms with E-state index in [1.54, 1.807) is 12.1 Å². The molecule has 2 N–H and O–H groups in total. The summed E-state index contributed by atoms with van der Waals surface area (Å²) in [6, 6.07) is 17.7. The van der Waals surface area contributed by atoms with Crippen LogP contribution in [0.3, 0.4) is 0 Å². The summed E-state index contributed by atoms with van der Waals surface area (Å²) in [6.45, 7) is 5.38. The Morgan fingerprint density at radius 2 is 1.81 bits per heavy atom. The fraction of sp³-hybridized carbons (Fsp3) is 0.278. The van der Waals surface area contributed by atoms with Crippen molar-refractivity contribution >= 4 is 11.5 Å². The van der Waals surface area contributed by atoms with E-state index in [1.807, 2.05) is 30.3 Å². The lowest BCUT2D eigenvalue weighted by molar-refractivity contribution is 0.0898. The second-order valence-electron chi connectivity index (χ2n) is 5.53. The molecule has 3 heteroatoms. The number of carbonyl (C=O) groups is 1. The Labute approximate surface area is 126 Å². The van der Waals surface area contributed by atoms with Gasteiger partial charge in [0.1, 0.15) is 0 Å². The number of nitrogens with two attached hydrogens (primary N) is 1. The summed E-state index contributed by atoms with van der Waals surface area (Å²) in [7, 11) is 0. The van der Waals surface area contributed by atoms with Crippen molar-refractivity contribution in [3.05, 3.63) is 65.7 Å². The normalized spacial score (nSPS) is 11.0. The Bertz CT molecular complexity index is 593. The molecular weight excluding hydrogens is 260 g/mol. The molecular formula is C18H22N2O. The predicted molar refractivity (Wildman–Crippen MR) is 87.2 cm³/mol. The van der Waals surface area contributed by atoms with Gasteiger partial charge in [-0.2, -0.15) is 0 Å². The minimum atomic E-state index is 0.104. The highest BCUT2D eigenvalue weighted by atomic mass is 16.1. The summed E-state index contributed by atoms with van der Waals surface area (Å²) in [5, 5.41) is 0. The molecule has 0 atom stereocenters. The van der Waals surface area contributed by atoms with Gasteiger partial charge >= 0.3 is 0 Å². The molecule has 0 fully saturated rings. The molecule has 2 rings (SSSR count). The van der Waals surface area contributed by atoms with Gasteiger partial charge in [0.25, 0.3) is 0 Å². The third-order valence-electron chi connectivity index (χ3n) is 3.51. The highest BCUT2D eigenvalue weighted by Gasteiger charge is 2.16. The first-order chi connectivity index (χ1) is 10.1. The van der Waals surface area contributed by atoms with Crippen molar-refractivity contribution in [2.75, 3.05) is 12.3 Å². The van der Waals surface area contributed by atoms with Gasteiger partial charge < -0.3 is 5.73 Å². The number of hydrogen-bond donors (Lipinski definition) is 1. The van der Waals surface area contributed by atoms with Gasteiger partial charge in [-0.1, -0.05) is 42.5 Å². The lowest BCUT2D eigenvalue weighted by Crippen LogP contribution is -2.35. The second kappa shape index (κ2) is 7.04. The molecule has 0 heterocycles. The van der Waals surface area contributed by atoms with Gasteiger partial charge in [-0.05, 0) is 31.5 Å². The van der Waals surface area contributed by atoms with E-state index < -0.39 is 0 Å². The molecule has 0 aliphatic carbocycles. The van der Waals surface area contributed by atoms with E-state index in [2.05, 4.69) is 30.9 Å². The molecule has 0 saturated carbocycles. The minimum Gasteiger partial charge on any atom is -0.399 e. The average Bonchev–Trinajstić information content (AvgIpc) is 2.47. The van der Waals surface area contributed by atoms with Gasteiger partial charge in [-0.15, -0.1) is 0 Å². The molecule has 2 aromatic rings. The molecule has 0 aromatic heterocycles. The van der Waals surface area contributed by atoms with Gasteiger partial charge in [0.2, 0.25) is 0 Å². The van der Waals surface area contributed by atoms with Crippen LogP contribution in [0.25, 0.3) is 0 Å². The molecule has 0 spiro atoms. The number of ketones is 1.